The lowest BCUT2D eigenvalue weighted by Gasteiger charge is -2.00. The lowest BCUT2D eigenvalue weighted by molar-refractivity contribution is 0.192. The molecule has 0 aliphatic heterocycles. The summed E-state index contributed by atoms with van der Waals surface area (Å²) >= 11 is 0. The van der Waals surface area contributed by atoms with E-state index >= 15 is 0 Å². The average Bonchev–Trinajstić information content (AvgIpc) is 2.40. The van der Waals surface area contributed by atoms with E-state index in [1.807, 2.05) is 0 Å². The first kappa shape index (κ1) is 6.01. The predicted octanol–water partition coefficient (Wildman–Crippen LogP) is 1.05. The Morgan fingerprint density at radius 1 is 1.40 bits per heavy atom. The highest BCUT2D eigenvalue weighted by Gasteiger charge is 2.53. The van der Waals surface area contributed by atoms with E-state index in [0.717, 1.165) is 0 Å². The van der Waals surface area contributed by atoms with Crippen LogP contribution in [0.5, 0.6) is 0 Å². The number of nitrogens with one attached hydrogen (secondary N) is 1. The van der Waals surface area contributed by atoms with Crippen LogP contribution in [0.1, 0.15) is 19.3 Å². The Labute approximate surface area is 59.4 Å². The molecule has 2 N–H and O–H groups in total. The Balaban J connectivity index is 1.84. The molecule has 10 heavy (non-hydrogen) atoms. The quantitative estimate of drug-likeness (QED) is 0.573. The summed E-state index contributed by atoms with van der Waals surface area (Å²) in [5, 5.41) is 10.9. The van der Waals surface area contributed by atoms with Crippen LogP contribution >= 0.6 is 0 Å². The number of amides is 1. The first-order valence-electron chi connectivity index (χ1n) is 3.78. The molecule has 0 heterocycles. The zero-order valence-corrected chi connectivity index (χ0v) is 5.71. The Kier molecular flexibility index (Phi) is 1.13. The summed E-state index contributed by atoms with van der Waals surface area (Å²) in [7, 11) is 0. The van der Waals surface area contributed by atoms with Gasteiger partial charge in [0.2, 0.25) is 0 Å². The third-order valence-electron chi connectivity index (χ3n) is 2.70. The average molecular weight is 141 g/mol. The number of carbonyl (C=O) groups is 1. The minimum Gasteiger partial charge on any atom is -0.465 e. The molecule has 0 radical (unpaired) electrons. The summed E-state index contributed by atoms with van der Waals surface area (Å²) < 4.78 is 0. The number of hydrogen-bond donors (Lipinski definition) is 2. The zero-order chi connectivity index (χ0) is 7.14. The molecule has 56 valence electrons. The van der Waals surface area contributed by atoms with Crippen LogP contribution in [-0.2, 0) is 0 Å². The maximum atomic E-state index is 10.2. The lowest BCUT2D eigenvalue weighted by atomic mass is 10.2. The van der Waals surface area contributed by atoms with E-state index in [2.05, 4.69) is 5.32 Å². The number of fused-ring (bicyclic) bond motifs is 1. The van der Waals surface area contributed by atoms with Gasteiger partial charge in [0.1, 0.15) is 0 Å². The Hall–Kier alpha value is -0.730. The summed E-state index contributed by atoms with van der Waals surface area (Å²) in [4.78, 5) is 10.2. The topological polar surface area (TPSA) is 49.3 Å². The zero-order valence-electron chi connectivity index (χ0n) is 5.71. The normalized spacial score (nSPS) is 42.6. The van der Waals surface area contributed by atoms with Crippen molar-refractivity contribution in [3.8, 4) is 0 Å². The molecule has 1 amide bonds. The van der Waals surface area contributed by atoms with Crippen molar-refractivity contribution in [2.45, 2.75) is 25.3 Å². The molecular weight excluding hydrogens is 130 g/mol. The molecule has 3 heteroatoms. The van der Waals surface area contributed by atoms with E-state index in [0.29, 0.717) is 17.9 Å². The number of carboxylic acid groups (broad SMARTS) is 1. The predicted molar refractivity (Wildman–Crippen MR) is 35.8 cm³/mol. The van der Waals surface area contributed by atoms with Crippen LogP contribution in [-0.4, -0.2) is 17.2 Å². The molecule has 0 aromatic rings. The summed E-state index contributed by atoms with van der Waals surface area (Å²) in [6, 6.07) is 0.311. The van der Waals surface area contributed by atoms with Gasteiger partial charge in [-0.2, -0.15) is 0 Å². The molecule has 0 saturated heterocycles. The lowest BCUT2D eigenvalue weighted by Crippen LogP contribution is -2.26. The van der Waals surface area contributed by atoms with E-state index < -0.39 is 6.09 Å². The van der Waals surface area contributed by atoms with Crippen molar-refractivity contribution in [2.24, 2.45) is 11.8 Å². The second kappa shape index (κ2) is 1.87. The van der Waals surface area contributed by atoms with Crippen molar-refractivity contribution in [3.05, 3.63) is 0 Å². The molecule has 2 fully saturated rings. The molecule has 2 saturated carbocycles. The Morgan fingerprint density at radius 2 is 2.00 bits per heavy atom. The smallest absolute Gasteiger partial charge is 0.404 e. The van der Waals surface area contributed by atoms with Gasteiger partial charge in [-0.05, 0) is 24.7 Å². The van der Waals surface area contributed by atoms with E-state index in [-0.39, 0.29) is 0 Å². The molecule has 2 aliphatic rings. The van der Waals surface area contributed by atoms with Crippen molar-refractivity contribution < 1.29 is 9.90 Å². The maximum absolute atomic E-state index is 10.2. The van der Waals surface area contributed by atoms with Gasteiger partial charge in [-0.1, -0.05) is 6.42 Å². The Bertz CT molecular complexity index is 159. The van der Waals surface area contributed by atoms with Crippen LogP contribution in [0.15, 0.2) is 0 Å². The minimum atomic E-state index is -0.862. The molecule has 0 spiro atoms. The molecule has 0 bridgehead atoms. The second-order valence-corrected chi connectivity index (χ2v) is 3.23. The Morgan fingerprint density at radius 3 is 2.50 bits per heavy atom. The first-order valence-corrected chi connectivity index (χ1v) is 3.78. The third kappa shape index (κ3) is 0.770. The van der Waals surface area contributed by atoms with Gasteiger partial charge in [-0.3, -0.25) is 0 Å². The summed E-state index contributed by atoms with van der Waals surface area (Å²) in [5.74, 6) is 1.38. The summed E-state index contributed by atoms with van der Waals surface area (Å²) in [5.41, 5.74) is 0. The van der Waals surface area contributed by atoms with Crippen LogP contribution in [0.2, 0.25) is 0 Å². The molecule has 0 aromatic carbocycles. The summed E-state index contributed by atoms with van der Waals surface area (Å²) in [6.07, 6.45) is 2.90. The molecule has 0 aromatic heterocycles. The fraction of sp³-hybridized carbons (Fsp3) is 0.857. The highest BCUT2D eigenvalue weighted by molar-refractivity contribution is 5.65. The standard InChI is InChI=1S/C7H11NO2/c9-7(10)8-6-4-2-1-3-5(4)6/h4-6,8H,1-3H2,(H,9,10). The molecular formula is C7H11NO2. The fourth-order valence-corrected chi connectivity index (χ4v) is 2.18. The van der Waals surface area contributed by atoms with Gasteiger partial charge in [-0.15, -0.1) is 0 Å². The third-order valence-corrected chi connectivity index (χ3v) is 2.70. The minimum absolute atomic E-state index is 0.311. The van der Waals surface area contributed by atoms with Crippen molar-refractivity contribution in [1.29, 1.82) is 0 Å². The van der Waals surface area contributed by atoms with E-state index in [9.17, 15) is 4.79 Å². The fourth-order valence-electron chi connectivity index (χ4n) is 2.18. The van der Waals surface area contributed by atoms with Gasteiger partial charge in [0.05, 0.1) is 0 Å². The monoisotopic (exact) mass is 141 g/mol. The van der Waals surface area contributed by atoms with Crippen LogP contribution in [0.4, 0.5) is 4.79 Å². The van der Waals surface area contributed by atoms with Gasteiger partial charge in [0, 0.05) is 6.04 Å². The highest BCUT2D eigenvalue weighted by Crippen LogP contribution is 2.51. The molecule has 2 unspecified atom stereocenters. The van der Waals surface area contributed by atoms with Gasteiger partial charge >= 0.3 is 6.09 Å². The van der Waals surface area contributed by atoms with Crippen molar-refractivity contribution >= 4 is 6.09 Å². The van der Waals surface area contributed by atoms with Gasteiger partial charge in [0.15, 0.2) is 0 Å². The number of rotatable bonds is 1. The maximum Gasteiger partial charge on any atom is 0.404 e. The van der Waals surface area contributed by atoms with Crippen molar-refractivity contribution in [1.82, 2.24) is 5.32 Å². The van der Waals surface area contributed by atoms with E-state index in [1.165, 1.54) is 19.3 Å². The van der Waals surface area contributed by atoms with Crippen LogP contribution < -0.4 is 5.32 Å². The molecule has 3 nitrogen and oxygen atoms in total. The summed E-state index contributed by atoms with van der Waals surface area (Å²) in [6.45, 7) is 0. The van der Waals surface area contributed by atoms with Gasteiger partial charge < -0.3 is 10.4 Å². The SMILES string of the molecule is O=C(O)NC1C2CCCC21. The molecule has 2 atom stereocenters. The molecule has 2 aliphatic carbocycles. The van der Waals surface area contributed by atoms with Crippen molar-refractivity contribution in [3.63, 3.8) is 0 Å². The molecule has 2 rings (SSSR count). The van der Waals surface area contributed by atoms with Crippen LogP contribution in [0.3, 0.4) is 0 Å². The number of hydrogen-bond acceptors (Lipinski definition) is 1. The van der Waals surface area contributed by atoms with E-state index in [4.69, 9.17) is 5.11 Å². The van der Waals surface area contributed by atoms with Crippen LogP contribution in [0.25, 0.3) is 0 Å². The highest BCUT2D eigenvalue weighted by atomic mass is 16.4. The van der Waals surface area contributed by atoms with E-state index in [1.54, 1.807) is 0 Å². The van der Waals surface area contributed by atoms with Gasteiger partial charge in [0.25, 0.3) is 0 Å². The largest absolute Gasteiger partial charge is 0.465 e. The van der Waals surface area contributed by atoms with Crippen LogP contribution in [0, 0.1) is 11.8 Å². The first-order chi connectivity index (χ1) is 4.79. The van der Waals surface area contributed by atoms with Gasteiger partial charge in [-0.25, -0.2) is 4.79 Å². The second-order valence-electron chi connectivity index (χ2n) is 3.23. The van der Waals surface area contributed by atoms with Crippen molar-refractivity contribution in [2.75, 3.05) is 0 Å².